The molecule has 0 spiro atoms. The lowest BCUT2D eigenvalue weighted by Crippen LogP contribution is -2.55. The molecule has 1 heterocycles. The van der Waals surface area contributed by atoms with Crippen molar-refractivity contribution in [3.05, 3.63) is 84.0 Å². The van der Waals surface area contributed by atoms with E-state index >= 15 is 0 Å². The summed E-state index contributed by atoms with van der Waals surface area (Å²) in [4.78, 5) is 59.4. The quantitative estimate of drug-likeness (QED) is 0.0834. The van der Waals surface area contributed by atoms with Gasteiger partial charge in [0.05, 0.1) is 41.8 Å². The van der Waals surface area contributed by atoms with Crippen LogP contribution in [0.15, 0.2) is 82.8 Å². The molecule has 14 nitrogen and oxygen atoms in total. The highest BCUT2D eigenvalue weighted by atomic mass is 16.3. The minimum Gasteiger partial charge on any atom is -0.394 e. The molecule has 1 aliphatic heterocycles. The van der Waals surface area contributed by atoms with Gasteiger partial charge in [0.25, 0.3) is 5.91 Å². The normalized spacial score (nSPS) is 18.4. The molecule has 0 bridgehead atoms. The molecule has 45 heavy (non-hydrogen) atoms. The summed E-state index contributed by atoms with van der Waals surface area (Å²) in [6.45, 7) is -0.974. The van der Waals surface area contributed by atoms with Crippen molar-refractivity contribution in [2.75, 3.05) is 25.0 Å². The first-order chi connectivity index (χ1) is 21.7. The Bertz CT molecular complexity index is 1530. The number of nitrogens with zero attached hydrogens (tertiary/aromatic N) is 2. The molecule has 2 aromatic carbocycles. The average Bonchev–Trinajstić information content (AvgIpc) is 3.03. The molecular formula is C31H37N9O5. The summed E-state index contributed by atoms with van der Waals surface area (Å²) in [6.07, 6.45) is 8.38. The predicted molar refractivity (Wildman–Crippen MR) is 171 cm³/mol. The minimum atomic E-state index is -1.34. The fraction of sp³-hybridized carbons (Fsp3) is 0.290. The highest BCUT2D eigenvalue weighted by molar-refractivity contribution is 6.15. The fourth-order valence-corrected chi connectivity index (χ4v) is 4.99. The molecule has 4 atom stereocenters. The third-order valence-corrected chi connectivity index (χ3v) is 7.20. The molecule has 14 heteroatoms. The number of benzene rings is 2. The lowest BCUT2D eigenvalue weighted by Gasteiger charge is -2.35. The predicted octanol–water partition coefficient (Wildman–Crippen LogP) is -0.426. The third-order valence-electron chi connectivity index (χ3n) is 7.20. The summed E-state index contributed by atoms with van der Waals surface area (Å²) in [7, 11) is 0. The molecular weight excluding hydrogens is 578 g/mol. The molecule has 0 saturated carbocycles. The highest BCUT2D eigenvalue weighted by Crippen LogP contribution is 2.35. The van der Waals surface area contributed by atoms with Gasteiger partial charge in [-0.1, -0.05) is 54.6 Å². The number of fused-ring (bicyclic) bond motifs is 2. The van der Waals surface area contributed by atoms with Gasteiger partial charge in [0.15, 0.2) is 5.96 Å². The van der Waals surface area contributed by atoms with Crippen LogP contribution < -0.4 is 38.5 Å². The number of hydrogen-bond donors (Lipinski definition) is 8. The van der Waals surface area contributed by atoms with Crippen molar-refractivity contribution in [3.8, 4) is 0 Å². The molecule has 2 aliphatic rings. The van der Waals surface area contributed by atoms with Crippen molar-refractivity contribution in [1.82, 2.24) is 16.0 Å². The van der Waals surface area contributed by atoms with Crippen LogP contribution in [-0.4, -0.2) is 78.2 Å². The Balaban J connectivity index is 1.48. The standard InChI is InChI=1S/C31H37N9O5/c32-28(43)24(17-41)40-30(45)23(14-7-15-35-31(33)34)38-25(42)16-36-29(44)21-12-6-11-20-26(37-18-8-2-1-3-9-18)19-10-4-5-13-22(19)39-27(20)21/h1-6,8-13,19,22-24,39,41H,7,14-17H2,(H2,32,43)(H,36,44)(H,38,42)(H,40,45)(H4,33,34,35)/t19?,22?,23-,24-/m0/s1. The number of aliphatic imine (C=N–C) groups is 2. The summed E-state index contributed by atoms with van der Waals surface area (Å²) in [5.41, 5.74) is 19.2. The van der Waals surface area contributed by atoms with Crippen molar-refractivity contribution >= 4 is 46.7 Å². The molecule has 236 valence electrons. The van der Waals surface area contributed by atoms with E-state index in [1.165, 1.54) is 0 Å². The SMILES string of the molecule is NC(=O)[C@H](CO)NC(=O)[C@H](CCCN=C(N)N)NC(=O)CNC(=O)c1cccc2c1NC1C=CC=CC1C2=Nc1ccccc1. The summed E-state index contributed by atoms with van der Waals surface area (Å²) in [5, 5.41) is 20.3. The van der Waals surface area contributed by atoms with Crippen molar-refractivity contribution in [2.24, 2.45) is 33.1 Å². The molecule has 0 saturated heterocycles. The van der Waals surface area contributed by atoms with Crippen molar-refractivity contribution < 1.29 is 24.3 Å². The number of carbonyl (C=O) groups excluding carboxylic acids is 4. The molecule has 4 rings (SSSR count). The Hall–Kier alpha value is -5.50. The van der Waals surface area contributed by atoms with Crippen LogP contribution in [0.5, 0.6) is 0 Å². The maximum absolute atomic E-state index is 13.4. The topological polar surface area (TPSA) is 239 Å². The number of aliphatic hydroxyl groups is 1. The lowest BCUT2D eigenvalue weighted by atomic mass is 9.81. The number of nitrogens with two attached hydrogens (primary N) is 3. The second kappa shape index (κ2) is 15.3. The van der Waals surface area contributed by atoms with E-state index in [0.717, 1.165) is 17.0 Å². The zero-order valence-corrected chi connectivity index (χ0v) is 24.5. The smallest absolute Gasteiger partial charge is 0.253 e. The van der Waals surface area contributed by atoms with Crippen LogP contribution in [0.1, 0.15) is 28.8 Å². The van der Waals surface area contributed by atoms with Crippen molar-refractivity contribution in [2.45, 2.75) is 31.0 Å². The van der Waals surface area contributed by atoms with Gasteiger partial charge in [-0.05, 0) is 31.0 Å². The van der Waals surface area contributed by atoms with Crippen LogP contribution in [0.4, 0.5) is 11.4 Å². The Morgan fingerprint density at radius 1 is 0.933 bits per heavy atom. The molecule has 1 aliphatic carbocycles. The van der Waals surface area contributed by atoms with Crippen LogP contribution in [0.25, 0.3) is 0 Å². The first-order valence-electron chi connectivity index (χ1n) is 14.4. The van der Waals surface area contributed by atoms with Gasteiger partial charge in [0.2, 0.25) is 17.7 Å². The van der Waals surface area contributed by atoms with E-state index in [2.05, 4.69) is 32.3 Å². The van der Waals surface area contributed by atoms with Crippen molar-refractivity contribution in [3.63, 3.8) is 0 Å². The average molecular weight is 616 g/mol. The first kappa shape index (κ1) is 32.4. The Labute approximate surface area is 259 Å². The Morgan fingerprint density at radius 2 is 1.69 bits per heavy atom. The van der Waals surface area contributed by atoms with Gasteiger partial charge in [-0.25, -0.2) is 0 Å². The molecule has 0 aromatic heterocycles. The molecule has 2 aromatic rings. The monoisotopic (exact) mass is 615 g/mol. The van der Waals surface area contributed by atoms with Crippen LogP contribution in [0.2, 0.25) is 0 Å². The summed E-state index contributed by atoms with van der Waals surface area (Å²) >= 11 is 0. The van der Waals surface area contributed by atoms with Gasteiger partial charge >= 0.3 is 0 Å². The molecule has 0 radical (unpaired) electrons. The number of aliphatic hydroxyl groups excluding tert-OH is 1. The van der Waals surface area contributed by atoms with Gasteiger partial charge in [-0.3, -0.25) is 29.2 Å². The fourth-order valence-electron chi connectivity index (χ4n) is 4.99. The van der Waals surface area contributed by atoms with Crippen LogP contribution in [0.3, 0.4) is 0 Å². The van der Waals surface area contributed by atoms with E-state index in [4.69, 9.17) is 22.2 Å². The number of carbonyl (C=O) groups is 4. The zero-order chi connectivity index (χ0) is 32.3. The maximum Gasteiger partial charge on any atom is 0.253 e. The van der Waals surface area contributed by atoms with Crippen molar-refractivity contribution in [1.29, 1.82) is 0 Å². The van der Waals surface area contributed by atoms with Gasteiger partial charge in [-0.2, -0.15) is 0 Å². The number of rotatable bonds is 13. The van der Waals surface area contributed by atoms with Gasteiger partial charge in [-0.15, -0.1) is 0 Å². The second-order valence-corrected chi connectivity index (χ2v) is 10.4. The van der Waals surface area contributed by atoms with Gasteiger partial charge < -0.3 is 43.6 Å². The highest BCUT2D eigenvalue weighted by Gasteiger charge is 2.34. The van der Waals surface area contributed by atoms with Crippen LogP contribution in [-0.2, 0) is 14.4 Å². The largest absolute Gasteiger partial charge is 0.394 e. The first-order valence-corrected chi connectivity index (χ1v) is 14.4. The minimum absolute atomic E-state index is 0.0538. The number of primary amides is 1. The molecule has 11 N–H and O–H groups in total. The van der Waals surface area contributed by atoms with E-state index in [0.29, 0.717) is 17.7 Å². The molecule has 0 fully saturated rings. The van der Waals surface area contributed by atoms with E-state index in [-0.39, 0.29) is 30.9 Å². The number of anilines is 1. The number of nitrogens with one attached hydrogen (secondary N) is 4. The van der Waals surface area contributed by atoms with Gasteiger partial charge in [0.1, 0.15) is 12.1 Å². The van der Waals surface area contributed by atoms with E-state index in [1.807, 2.05) is 54.6 Å². The van der Waals surface area contributed by atoms with E-state index in [9.17, 15) is 24.3 Å². The number of guanidine groups is 1. The number of hydrogen-bond acceptors (Lipinski definition) is 8. The summed E-state index contributed by atoms with van der Waals surface area (Å²) in [5.74, 6) is -3.03. The van der Waals surface area contributed by atoms with Gasteiger partial charge in [0, 0.05) is 18.0 Å². The molecule has 4 amide bonds. The number of amides is 4. The number of para-hydroxylation sites is 2. The second-order valence-electron chi connectivity index (χ2n) is 10.4. The van der Waals surface area contributed by atoms with Crippen LogP contribution >= 0.6 is 0 Å². The number of allylic oxidation sites excluding steroid dienone is 2. The maximum atomic E-state index is 13.4. The Morgan fingerprint density at radius 3 is 2.40 bits per heavy atom. The van der Waals surface area contributed by atoms with E-state index < -0.39 is 48.9 Å². The van der Waals surface area contributed by atoms with E-state index in [1.54, 1.807) is 12.1 Å². The Kier molecular flexibility index (Phi) is 11.0. The lowest BCUT2D eigenvalue weighted by molar-refractivity contribution is -0.131. The van der Waals surface area contributed by atoms with Crippen LogP contribution in [0, 0.1) is 5.92 Å². The summed E-state index contributed by atoms with van der Waals surface area (Å²) in [6, 6.07) is 12.3. The third kappa shape index (κ3) is 8.54. The summed E-state index contributed by atoms with van der Waals surface area (Å²) < 4.78 is 0. The molecule has 2 unspecified atom stereocenters. The zero-order valence-electron chi connectivity index (χ0n) is 24.5.